The normalized spacial score (nSPS) is 13.2. The van der Waals surface area contributed by atoms with Crippen LogP contribution >= 0.6 is 12.4 Å². The molecule has 2 N–H and O–H groups in total. The summed E-state index contributed by atoms with van der Waals surface area (Å²) in [5.74, 6) is -0.271. The fourth-order valence-corrected chi connectivity index (χ4v) is 2.96. The molecule has 1 aliphatic heterocycles. The highest BCUT2D eigenvalue weighted by Crippen LogP contribution is 2.31. The van der Waals surface area contributed by atoms with E-state index in [0.29, 0.717) is 11.3 Å². The van der Waals surface area contributed by atoms with E-state index in [9.17, 15) is 13.6 Å². The highest BCUT2D eigenvalue weighted by atomic mass is 35.5. The third kappa shape index (κ3) is 5.30. The smallest absolute Gasteiger partial charge is 0.387 e. The van der Waals surface area contributed by atoms with Crippen LogP contribution < -0.4 is 20.1 Å². The van der Waals surface area contributed by atoms with E-state index in [1.165, 1.54) is 24.8 Å². The van der Waals surface area contributed by atoms with Gasteiger partial charge in [-0.3, -0.25) is 4.79 Å². The third-order valence-corrected chi connectivity index (χ3v) is 4.25. The van der Waals surface area contributed by atoms with Crippen molar-refractivity contribution in [3.63, 3.8) is 0 Å². The van der Waals surface area contributed by atoms with Crippen LogP contribution in [0.25, 0.3) is 0 Å². The van der Waals surface area contributed by atoms with Gasteiger partial charge in [-0.2, -0.15) is 8.78 Å². The van der Waals surface area contributed by atoms with Crippen LogP contribution in [0.5, 0.6) is 11.5 Å². The Hall–Kier alpha value is -2.38. The zero-order chi connectivity index (χ0) is 18.5. The predicted octanol–water partition coefficient (Wildman–Crippen LogP) is 3.66. The van der Waals surface area contributed by atoms with E-state index in [1.807, 2.05) is 12.1 Å². The molecule has 1 amide bonds. The number of alkyl halides is 2. The van der Waals surface area contributed by atoms with Gasteiger partial charge in [-0.1, -0.05) is 6.07 Å². The fraction of sp³-hybridized carbons (Fsp3) is 0.316. The van der Waals surface area contributed by atoms with E-state index in [2.05, 4.69) is 15.4 Å². The van der Waals surface area contributed by atoms with Crippen LogP contribution in [0.4, 0.5) is 14.5 Å². The van der Waals surface area contributed by atoms with Gasteiger partial charge in [0.1, 0.15) is 0 Å². The SMILES string of the molecule is COc1ccc(NC(=O)c2ccc3c(c2)CCNCC3)cc1OC(F)F.Cl. The van der Waals surface area contributed by atoms with Gasteiger partial charge >= 0.3 is 6.61 Å². The largest absolute Gasteiger partial charge is 0.493 e. The molecular formula is C19H21ClF2N2O3. The van der Waals surface area contributed by atoms with Gasteiger partial charge in [-0.25, -0.2) is 0 Å². The van der Waals surface area contributed by atoms with E-state index in [4.69, 9.17) is 4.74 Å². The van der Waals surface area contributed by atoms with Gasteiger partial charge in [-0.05, 0) is 61.3 Å². The summed E-state index contributed by atoms with van der Waals surface area (Å²) in [5, 5.41) is 6.04. The molecule has 0 saturated heterocycles. The van der Waals surface area contributed by atoms with E-state index in [1.54, 1.807) is 12.1 Å². The average Bonchev–Trinajstić information content (AvgIpc) is 2.86. The molecule has 27 heavy (non-hydrogen) atoms. The Morgan fingerprint density at radius 1 is 1.07 bits per heavy atom. The van der Waals surface area contributed by atoms with Crippen molar-refractivity contribution in [2.75, 3.05) is 25.5 Å². The number of carbonyl (C=O) groups excluding carboxylic acids is 1. The molecule has 0 saturated carbocycles. The van der Waals surface area contributed by atoms with Crippen molar-refractivity contribution in [2.45, 2.75) is 19.5 Å². The number of ether oxygens (including phenoxy) is 2. The Bertz CT molecular complexity index is 803. The van der Waals surface area contributed by atoms with Crippen molar-refractivity contribution in [2.24, 2.45) is 0 Å². The first-order valence-electron chi connectivity index (χ1n) is 8.33. The molecular weight excluding hydrogens is 378 g/mol. The summed E-state index contributed by atoms with van der Waals surface area (Å²) in [7, 11) is 1.36. The first-order valence-corrected chi connectivity index (χ1v) is 8.33. The van der Waals surface area contributed by atoms with Gasteiger partial charge in [0.05, 0.1) is 7.11 Å². The molecule has 5 nitrogen and oxygen atoms in total. The van der Waals surface area contributed by atoms with Crippen LogP contribution in [0.3, 0.4) is 0 Å². The number of benzene rings is 2. The molecule has 0 aromatic heterocycles. The highest BCUT2D eigenvalue weighted by molar-refractivity contribution is 6.04. The van der Waals surface area contributed by atoms with Gasteiger partial charge < -0.3 is 20.1 Å². The lowest BCUT2D eigenvalue weighted by Gasteiger charge is -2.13. The molecule has 0 radical (unpaired) electrons. The summed E-state index contributed by atoms with van der Waals surface area (Å²) in [4.78, 5) is 12.5. The molecule has 0 atom stereocenters. The number of amides is 1. The Balaban J connectivity index is 0.00000261. The summed E-state index contributed by atoms with van der Waals surface area (Å²) < 4.78 is 34.5. The summed E-state index contributed by atoms with van der Waals surface area (Å²) >= 11 is 0. The number of methoxy groups -OCH3 is 1. The van der Waals surface area contributed by atoms with Crippen LogP contribution in [-0.2, 0) is 12.8 Å². The average molecular weight is 399 g/mol. The summed E-state index contributed by atoms with van der Waals surface area (Å²) in [6, 6.07) is 9.99. The first-order chi connectivity index (χ1) is 12.6. The van der Waals surface area contributed by atoms with Crippen LogP contribution in [0.2, 0.25) is 0 Å². The van der Waals surface area contributed by atoms with Gasteiger partial charge in [0.15, 0.2) is 11.5 Å². The van der Waals surface area contributed by atoms with E-state index in [0.717, 1.165) is 31.5 Å². The second kappa shape index (κ2) is 9.53. The standard InChI is InChI=1S/C19H20F2N2O3.ClH/c1-25-16-5-4-15(11-17(16)26-19(20)21)23-18(24)14-3-2-12-6-8-22-9-7-13(12)10-14;/h2-5,10-11,19,22H,6-9H2,1H3,(H,23,24);1H. The minimum Gasteiger partial charge on any atom is -0.493 e. The molecule has 1 heterocycles. The maximum absolute atomic E-state index is 12.5. The van der Waals surface area contributed by atoms with Gasteiger partial charge in [0, 0.05) is 17.3 Å². The summed E-state index contributed by atoms with van der Waals surface area (Å²) in [5.41, 5.74) is 3.27. The minimum atomic E-state index is -2.98. The number of nitrogens with one attached hydrogen (secondary N) is 2. The maximum atomic E-state index is 12.5. The lowest BCUT2D eigenvalue weighted by Crippen LogP contribution is -2.16. The maximum Gasteiger partial charge on any atom is 0.387 e. The number of fused-ring (bicyclic) bond motifs is 1. The van der Waals surface area contributed by atoms with Crippen molar-refractivity contribution < 1.29 is 23.0 Å². The summed E-state index contributed by atoms with van der Waals surface area (Å²) in [6.07, 6.45) is 1.80. The van der Waals surface area contributed by atoms with E-state index >= 15 is 0 Å². The number of anilines is 1. The zero-order valence-corrected chi connectivity index (χ0v) is 15.6. The van der Waals surface area contributed by atoms with E-state index in [-0.39, 0.29) is 29.8 Å². The lowest BCUT2D eigenvalue weighted by atomic mass is 10.00. The highest BCUT2D eigenvalue weighted by Gasteiger charge is 2.15. The monoisotopic (exact) mass is 398 g/mol. The molecule has 2 aromatic carbocycles. The number of hydrogen-bond acceptors (Lipinski definition) is 4. The molecule has 0 aliphatic carbocycles. The van der Waals surface area contributed by atoms with Crippen molar-refractivity contribution in [1.29, 1.82) is 0 Å². The summed E-state index contributed by atoms with van der Waals surface area (Å²) in [6.45, 7) is -1.17. The fourth-order valence-electron chi connectivity index (χ4n) is 2.96. The van der Waals surface area contributed by atoms with Crippen LogP contribution in [0.15, 0.2) is 36.4 Å². The Morgan fingerprint density at radius 3 is 2.52 bits per heavy atom. The topological polar surface area (TPSA) is 59.6 Å². The lowest BCUT2D eigenvalue weighted by molar-refractivity contribution is -0.0511. The van der Waals surface area contributed by atoms with Gasteiger partial charge in [0.25, 0.3) is 5.91 Å². The number of halogens is 3. The molecule has 146 valence electrons. The van der Waals surface area contributed by atoms with Crippen molar-refractivity contribution in [3.05, 3.63) is 53.1 Å². The first kappa shape index (κ1) is 20.9. The Kier molecular flexibility index (Phi) is 7.38. The van der Waals surface area contributed by atoms with Crippen molar-refractivity contribution >= 4 is 24.0 Å². The van der Waals surface area contributed by atoms with Gasteiger partial charge in [-0.15, -0.1) is 12.4 Å². The minimum absolute atomic E-state index is 0. The second-order valence-corrected chi connectivity index (χ2v) is 5.93. The molecule has 0 fully saturated rings. The number of hydrogen-bond donors (Lipinski definition) is 2. The van der Waals surface area contributed by atoms with Crippen molar-refractivity contribution in [3.8, 4) is 11.5 Å². The van der Waals surface area contributed by atoms with Gasteiger partial charge in [0.2, 0.25) is 0 Å². The third-order valence-electron chi connectivity index (χ3n) is 4.25. The van der Waals surface area contributed by atoms with Crippen LogP contribution in [0.1, 0.15) is 21.5 Å². The molecule has 3 rings (SSSR count). The van der Waals surface area contributed by atoms with E-state index < -0.39 is 6.61 Å². The molecule has 0 spiro atoms. The molecule has 8 heteroatoms. The zero-order valence-electron chi connectivity index (χ0n) is 14.8. The Labute approximate surface area is 162 Å². The Morgan fingerprint density at radius 2 is 1.81 bits per heavy atom. The predicted molar refractivity (Wildman–Crippen MR) is 102 cm³/mol. The molecule has 0 unspecified atom stereocenters. The molecule has 1 aliphatic rings. The van der Waals surface area contributed by atoms with Crippen LogP contribution in [0, 0.1) is 0 Å². The second-order valence-electron chi connectivity index (χ2n) is 5.93. The quantitative estimate of drug-likeness (QED) is 0.807. The number of rotatable bonds is 5. The number of carbonyl (C=O) groups is 1. The molecule has 0 bridgehead atoms. The molecule has 2 aromatic rings. The van der Waals surface area contributed by atoms with Crippen LogP contribution in [-0.4, -0.2) is 32.7 Å². The van der Waals surface area contributed by atoms with Crippen molar-refractivity contribution in [1.82, 2.24) is 5.32 Å².